The van der Waals surface area contributed by atoms with Gasteiger partial charge >= 0.3 is 0 Å². The van der Waals surface area contributed by atoms with Crippen LogP contribution >= 0.6 is 15.9 Å². The standard InChI is InChI=1S/C14H12BrN3O/c1-9-4-10(6-16)2-3-11(9)7-18-8-12(17)5-13(15)14(18)19/h2-5,8H,7,17H2,1H3. The van der Waals surface area contributed by atoms with Crippen LogP contribution in [-0.4, -0.2) is 4.57 Å². The third-order valence-electron chi connectivity index (χ3n) is 2.88. The number of hydrogen-bond acceptors (Lipinski definition) is 3. The van der Waals surface area contributed by atoms with E-state index in [1.54, 1.807) is 22.9 Å². The van der Waals surface area contributed by atoms with Gasteiger partial charge in [0.05, 0.1) is 22.7 Å². The topological polar surface area (TPSA) is 71.8 Å². The number of aryl methyl sites for hydroxylation is 1. The van der Waals surface area contributed by atoms with Gasteiger partial charge in [-0.05, 0) is 52.2 Å². The van der Waals surface area contributed by atoms with Crippen molar-refractivity contribution >= 4 is 21.6 Å². The van der Waals surface area contributed by atoms with Crippen LogP contribution < -0.4 is 11.3 Å². The molecule has 1 heterocycles. The highest BCUT2D eigenvalue weighted by Crippen LogP contribution is 2.14. The van der Waals surface area contributed by atoms with Gasteiger partial charge in [0, 0.05) is 11.9 Å². The molecule has 0 aliphatic rings. The van der Waals surface area contributed by atoms with Crippen molar-refractivity contribution in [3.8, 4) is 6.07 Å². The van der Waals surface area contributed by atoms with Gasteiger partial charge in [-0.25, -0.2) is 0 Å². The van der Waals surface area contributed by atoms with Crippen molar-refractivity contribution in [1.29, 1.82) is 5.26 Å². The Labute approximate surface area is 119 Å². The Morgan fingerprint density at radius 3 is 2.79 bits per heavy atom. The van der Waals surface area contributed by atoms with Gasteiger partial charge in [0.15, 0.2) is 0 Å². The van der Waals surface area contributed by atoms with Crippen LogP contribution in [0.15, 0.2) is 39.7 Å². The minimum atomic E-state index is -0.127. The van der Waals surface area contributed by atoms with Crippen LogP contribution in [0.2, 0.25) is 0 Å². The van der Waals surface area contributed by atoms with Crippen molar-refractivity contribution < 1.29 is 0 Å². The molecule has 0 aliphatic carbocycles. The Bertz CT molecular complexity index is 728. The molecule has 0 saturated heterocycles. The zero-order valence-corrected chi connectivity index (χ0v) is 11.9. The Balaban J connectivity index is 2.42. The van der Waals surface area contributed by atoms with Gasteiger partial charge in [-0.15, -0.1) is 0 Å². The Kier molecular flexibility index (Phi) is 3.72. The number of nitrogen functional groups attached to an aromatic ring is 1. The molecule has 0 aliphatic heterocycles. The summed E-state index contributed by atoms with van der Waals surface area (Å²) in [5.74, 6) is 0. The molecule has 0 spiro atoms. The van der Waals surface area contributed by atoms with Crippen molar-refractivity contribution in [1.82, 2.24) is 4.57 Å². The molecule has 5 heteroatoms. The number of pyridine rings is 1. The predicted octanol–water partition coefficient (Wildman–Crippen LogP) is 2.42. The van der Waals surface area contributed by atoms with Crippen molar-refractivity contribution in [2.45, 2.75) is 13.5 Å². The molecule has 2 aromatic rings. The first-order valence-electron chi connectivity index (χ1n) is 5.66. The highest BCUT2D eigenvalue weighted by molar-refractivity contribution is 9.10. The largest absolute Gasteiger partial charge is 0.398 e. The van der Waals surface area contributed by atoms with E-state index in [-0.39, 0.29) is 5.56 Å². The highest BCUT2D eigenvalue weighted by Gasteiger charge is 2.06. The molecule has 0 fully saturated rings. The van der Waals surface area contributed by atoms with Crippen molar-refractivity contribution in [2.75, 3.05) is 5.73 Å². The molecule has 1 aromatic carbocycles. The number of nitrogens with two attached hydrogens (primary N) is 1. The van der Waals surface area contributed by atoms with Crippen LogP contribution in [0.5, 0.6) is 0 Å². The lowest BCUT2D eigenvalue weighted by Crippen LogP contribution is -2.21. The number of rotatable bonds is 2. The van der Waals surface area contributed by atoms with E-state index < -0.39 is 0 Å². The maximum Gasteiger partial charge on any atom is 0.265 e. The zero-order valence-electron chi connectivity index (χ0n) is 10.4. The highest BCUT2D eigenvalue weighted by atomic mass is 79.9. The summed E-state index contributed by atoms with van der Waals surface area (Å²) < 4.78 is 1.99. The van der Waals surface area contributed by atoms with Crippen LogP contribution in [0.3, 0.4) is 0 Å². The first kappa shape index (κ1) is 13.4. The molecular formula is C14H12BrN3O. The van der Waals surface area contributed by atoms with Gasteiger partial charge in [0.2, 0.25) is 0 Å². The third-order valence-corrected chi connectivity index (χ3v) is 3.44. The summed E-state index contributed by atoms with van der Waals surface area (Å²) in [6, 6.07) is 9.09. The third kappa shape index (κ3) is 2.85. The Hall–Kier alpha value is -2.06. The number of halogens is 1. The summed E-state index contributed by atoms with van der Waals surface area (Å²) in [5, 5.41) is 8.83. The van der Waals surface area contributed by atoms with Crippen LogP contribution in [0, 0.1) is 18.3 Å². The van der Waals surface area contributed by atoms with Gasteiger partial charge in [-0.1, -0.05) is 6.07 Å². The number of anilines is 1. The fourth-order valence-corrected chi connectivity index (χ4v) is 2.36. The number of hydrogen-bond donors (Lipinski definition) is 1. The molecule has 0 amide bonds. The summed E-state index contributed by atoms with van der Waals surface area (Å²) >= 11 is 3.20. The Morgan fingerprint density at radius 2 is 2.16 bits per heavy atom. The first-order valence-corrected chi connectivity index (χ1v) is 6.45. The average Bonchev–Trinajstić information content (AvgIpc) is 2.37. The van der Waals surface area contributed by atoms with E-state index in [9.17, 15) is 4.79 Å². The lowest BCUT2D eigenvalue weighted by atomic mass is 10.1. The predicted molar refractivity (Wildman–Crippen MR) is 77.8 cm³/mol. The van der Waals surface area contributed by atoms with Crippen molar-refractivity contribution in [2.24, 2.45) is 0 Å². The maximum atomic E-state index is 12.0. The smallest absolute Gasteiger partial charge is 0.265 e. The van der Waals surface area contributed by atoms with Crippen molar-refractivity contribution in [3.05, 3.63) is 62.0 Å². The lowest BCUT2D eigenvalue weighted by molar-refractivity contribution is 0.753. The molecule has 96 valence electrons. The van der Waals surface area contributed by atoms with Gasteiger partial charge < -0.3 is 10.3 Å². The minimum Gasteiger partial charge on any atom is -0.398 e. The summed E-state index contributed by atoms with van der Waals surface area (Å²) in [5.41, 5.74) is 8.71. The fourth-order valence-electron chi connectivity index (χ4n) is 1.86. The molecule has 0 bridgehead atoms. The van der Waals surface area contributed by atoms with Crippen LogP contribution in [-0.2, 0) is 6.54 Å². The second-order valence-electron chi connectivity index (χ2n) is 4.31. The number of nitriles is 1. The molecule has 0 atom stereocenters. The SMILES string of the molecule is Cc1cc(C#N)ccc1Cn1cc(N)cc(Br)c1=O. The molecule has 2 rings (SSSR count). The lowest BCUT2D eigenvalue weighted by Gasteiger charge is -2.10. The zero-order chi connectivity index (χ0) is 14.0. The average molecular weight is 318 g/mol. The van der Waals surface area contributed by atoms with E-state index in [4.69, 9.17) is 11.0 Å². The molecule has 1 aromatic heterocycles. The van der Waals surface area contributed by atoms with Gasteiger partial charge in [0.25, 0.3) is 5.56 Å². The van der Waals surface area contributed by atoms with E-state index in [0.29, 0.717) is 22.3 Å². The molecular weight excluding hydrogens is 306 g/mol. The summed E-state index contributed by atoms with van der Waals surface area (Å²) in [4.78, 5) is 12.0. The van der Waals surface area contributed by atoms with Gasteiger partial charge in [-0.3, -0.25) is 4.79 Å². The van der Waals surface area contributed by atoms with Gasteiger partial charge in [-0.2, -0.15) is 5.26 Å². The fraction of sp³-hybridized carbons (Fsp3) is 0.143. The second-order valence-corrected chi connectivity index (χ2v) is 5.16. The maximum absolute atomic E-state index is 12.0. The number of aromatic nitrogens is 1. The summed E-state index contributed by atoms with van der Waals surface area (Å²) in [6.07, 6.45) is 1.62. The molecule has 0 radical (unpaired) electrons. The minimum absolute atomic E-state index is 0.127. The Morgan fingerprint density at radius 1 is 1.42 bits per heavy atom. The normalized spacial score (nSPS) is 10.2. The van der Waals surface area contributed by atoms with E-state index in [0.717, 1.165) is 11.1 Å². The van der Waals surface area contributed by atoms with Gasteiger partial charge in [0.1, 0.15) is 0 Å². The molecule has 0 unspecified atom stereocenters. The molecule has 2 N–H and O–H groups in total. The molecule has 4 nitrogen and oxygen atoms in total. The molecule has 0 saturated carbocycles. The summed E-state index contributed by atoms with van der Waals surface area (Å²) in [6.45, 7) is 2.35. The first-order chi connectivity index (χ1) is 9.01. The van der Waals surface area contributed by atoms with E-state index in [1.807, 2.05) is 19.1 Å². The monoisotopic (exact) mass is 317 g/mol. The quantitative estimate of drug-likeness (QED) is 0.924. The second kappa shape index (κ2) is 5.29. The van der Waals surface area contributed by atoms with E-state index >= 15 is 0 Å². The van der Waals surface area contributed by atoms with Crippen LogP contribution in [0.4, 0.5) is 5.69 Å². The van der Waals surface area contributed by atoms with Crippen LogP contribution in [0.25, 0.3) is 0 Å². The van der Waals surface area contributed by atoms with Crippen molar-refractivity contribution in [3.63, 3.8) is 0 Å². The molecule has 19 heavy (non-hydrogen) atoms. The van der Waals surface area contributed by atoms with E-state index in [1.165, 1.54) is 0 Å². The summed E-state index contributed by atoms with van der Waals surface area (Å²) in [7, 11) is 0. The van der Waals surface area contributed by atoms with E-state index in [2.05, 4.69) is 22.0 Å². The van der Waals surface area contributed by atoms with Crippen LogP contribution in [0.1, 0.15) is 16.7 Å². The number of nitrogens with zero attached hydrogens (tertiary/aromatic N) is 2. The number of benzene rings is 1.